The number of aryl methyl sites for hydroxylation is 1. The maximum atomic E-state index is 6.20. The van der Waals surface area contributed by atoms with Crippen LogP contribution in [-0.2, 0) is 12.8 Å². The minimum Gasteiger partial charge on any atom is -0.494 e. The van der Waals surface area contributed by atoms with Gasteiger partial charge in [0.05, 0.1) is 18.3 Å². The monoisotopic (exact) mass is 419 g/mol. The van der Waals surface area contributed by atoms with Gasteiger partial charge >= 0.3 is 0 Å². The number of ether oxygens (including phenoxy) is 1. The Kier molecular flexibility index (Phi) is 7.34. The lowest BCUT2D eigenvalue weighted by atomic mass is 10.0. The van der Waals surface area contributed by atoms with Gasteiger partial charge in [0.1, 0.15) is 11.3 Å². The molecule has 0 saturated heterocycles. The fraction of sp³-hybridized carbons (Fsp3) is 0.360. The molecule has 0 unspecified atom stereocenters. The van der Waals surface area contributed by atoms with Crippen molar-refractivity contribution in [2.45, 2.75) is 46.5 Å². The van der Waals surface area contributed by atoms with E-state index in [0.29, 0.717) is 11.7 Å². The van der Waals surface area contributed by atoms with Gasteiger partial charge in [-0.05, 0) is 42.2 Å². The van der Waals surface area contributed by atoms with Crippen molar-refractivity contribution in [3.05, 3.63) is 59.3 Å². The summed E-state index contributed by atoms with van der Waals surface area (Å²) in [6, 6.07) is 14.6. The smallest absolute Gasteiger partial charge is 0.222 e. The summed E-state index contributed by atoms with van der Waals surface area (Å²) >= 11 is 0. The normalized spacial score (nSPS) is 10.7. The summed E-state index contributed by atoms with van der Waals surface area (Å²) in [6.07, 6.45) is 4.19. The summed E-state index contributed by atoms with van der Waals surface area (Å²) in [4.78, 5) is 4.51. The van der Waals surface area contributed by atoms with Crippen LogP contribution >= 0.6 is 0 Å². The highest BCUT2D eigenvalue weighted by Crippen LogP contribution is 2.29. The maximum Gasteiger partial charge on any atom is 0.222 e. The van der Waals surface area contributed by atoms with Crippen LogP contribution in [0, 0.1) is 0 Å². The lowest BCUT2D eigenvalue weighted by Gasteiger charge is -2.11. The molecular formula is C25H33N5O. The number of nitrogen functional groups attached to an aromatic ring is 1. The molecule has 0 amide bonds. The van der Waals surface area contributed by atoms with E-state index < -0.39 is 0 Å². The highest BCUT2D eigenvalue weighted by molar-refractivity contribution is 5.97. The number of nitrogens with zero attached hydrogens (tertiary/aromatic N) is 3. The molecule has 2 aromatic carbocycles. The van der Waals surface area contributed by atoms with E-state index in [2.05, 4.69) is 41.5 Å². The average Bonchev–Trinajstić information content (AvgIpc) is 3.23. The van der Waals surface area contributed by atoms with Crippen LogP contribution < -0.4 is 15.8 Å². The van der Waals surface area contributed by atoms with Crippen LogP contribution in [0.1, 0.15) is 50.4 Å². The molecule has 2 heterocycles. The van der Waals surface area contributed by atoms with Gasteiger partial charge in [0.2, 0.25) is 5.95 Å². The summed E-state index contributed by atoms with van der Waals surface area (Å²) in [5, 5.41) is 9.00. The van der Waals surface area contributed by atoms with Gasteiger partial charge in [-0.1, -0.05) is 51.5 Å². The summed E-state index contributed by atoms with van der Waals surface area (Å²) in [5.41, 5.74) is 12.7. The molecule has 164 valence electrons. The molecule has 0 radical (unpaired) electrons. The van der Waals surface area contributed by atoms with Gasteiger partial charge in [-0.2, -0.15) is 9.61 Å². The molecule has 31 heavy (non-hydrogen) atoms. The average molecular weight is 420 g/mol. The predicted octanol–water partition coefficient (Wildman–Crippen LogP) is 5.47. The number of unbranched alkanes of at least 4 members (excludes halogenated alkanes) is 1. The molecule has 0 aliphatic carbocycles. The Morgan fingerprint density at radius 3 is 2.65 bits per heavy atom. The van der Waals surface area contributed by atoms with Crippen LogP contribution in [0.5, 0.6) is 5.75 Å². The molecule has 0 saturated carbocycles. The maximum absolute atomic E-state index is 6.20. The number of anilines is 2. The summed E-state index contributed by atoms with van der Waals surface area (Å²) in [7, 11) is 3.62. The molecule has 4 aromatic rings. The van der Waals surface area contributed by atoms with Gasteiger partial charge in [0.25, 0.3) is 0 Å². The minimum absolute atomic E-state index is 0.359. The zero-order valence-electron chi connectivity index (χ0n) is 19.2. The second kappa shape index (κ2) is 10.2. The zero-order chi connectivity index (χ0) is 22.4. The van der Waals surface area contributed by atoms with Gasteiger partial charge in [-0.3, -0.25) is 0 Å². The Morgan fingerprint density at radius 1 is 1.13 bits per heavy atom. The van der Waals surface area contributed by atoms with Gasteiger partial charge in [-0.15, -0.1) is 0 Å². The van der Waals surface area contributed by atoms with E-state index in [1.165, 1.54) is 29.7 Å². The van der Waals surface area contributed by atoms with Crippen molar-refractivity contribution in [2.24, 2.45) is 0 Å². The van der Waals surface area contributed by atoms with Crippen LogP contribution in [0.15, 0.2) is 42.5 Å². The number of hydrogen-bond acceptors (Lipinski definition) is 5. The van der Waals surface area contributed by atoms with Crippen LogP contribution in [0.25, 0.3) is 16.4 Å². The molecular weight excluding hydrogens is 386 g/mol. The Labute approximate surface area is 184 Å². The van der Waals surface area contributed by atoms with Crippen molar-refractivity contribution in [3.63, 3.8) is 0 Å². The molecule has 0 fully saturated rings. The van der Waals surface area contributed by atoms with Crippen molar-refractivity contribution >= 4 is 28.1 Å². The number of aromatic nitrogens is 3. The Balaban J connectivity index is 0.00000132. The highest BCUT2D eigenvalue weighted by Gasteiger charge is 2.13. The molecule has 2 aromatic heterocycles. The summed E-state index contributed by atoms with van der Waals surface area (Å²) in [5.74, 6) is 1.07. The van der Waals surface area contributed by atoms with E-state index in [9.17, 15) is 0 Å². The minimum atomic E-state index is 0.359. The third-order valence-corrected chi connectivity index (χ3v) is 5.32. The van der Waals surface area contributed by atoms with Crippen molar-refractivity contribution in [2.75, 3.05) is 25.2 Å². The van der Waals surface area contributed by atoms with E-state index >= 15 is 0 Å². The lowest BCUT2D eigenvalue weighted by Crippen LogP contribution is -2.03. The molecule has 3 N–H and O–H groups in total. The SMILES string of the molecule is CC.CCCCc1cc(Cc2cc3c4cccc(OC)c4nc(N)n3n2)ccc1NC. The number of methoxy groups -OCH3 is 1. The summed E-state index contributed by atoms with van der Waals surface area (Å²) in [6.45, 7) is 6.22. The number of fused-ring (bicyclic) bond motifs is 3. The third kappa shape index (κ3) is 4.58. The number of hydrogen-bond donors (Lipinski definition) is 2. The van der Waals surface area contributed by atoms with Crippen molar-refractivity contribution < 1.29 is 4.74 Å². The topological polar surface area (TPSA) is 77.5 Å². The molecule has 0 aliphatic heterocycles. The van der Waals surface area contributed by atoms with E-state index in [-0.39, 0.29) is 0 Å². The first-order chi connectivity index (χ1) is 15.1. The third-order valence-electron chi connectivity index (χ3n) is 5.32. The van der Waals surface area contributed by atoms with Crippen molar-refractivity contribution in [1.82, 2.24) is 14.6 Å². The molecule has 4 rings (SSSR count). The fourth-order valence-electron chi connectivity index (χ4n) is 3.84. The van der Waals surface area contributed by atoms with Crippen LogP contribution in [0.2, 0.25) is 0 Å². The standard InChI is InChI=1S/C23H27N5O.C2H6/c1-4-5-7-16-12-15(10-11-19(16)25-2)13-17-14-20-18-8-6-9-21(29-3)22(18)26-23(24)28(20)27-17;1-2/h6,8-12,14,25H,4-5,7,13H2,1-3H3,(H2,24,26);1-2H3. The Morgan fingerprint density at radius 2 is 1.94 bits per heavy atom. The largest absolute Gasteiger partial charge is 0.494 e. The number of nitrogens with one attached hydrogen (secondary N) is 1. The van der Waals surface area contributed by atoms with Crippen LogP contribution in [0.3, 0.4) is 0 Å². The van der Waals surface area contributed by atoms with E-state index in [4.69, 9.17) is 15.6 Å². The van der Waals surface area contributed by atoms with Crippen LogP contribution in [-0.4, -0.2) is 28.8 Å². The van der Waals surface area contributed by atoms with Crippen molar-refractivity contribution in [1.29, 1.82) is 0 Å². The first-order valence-electron chi connectivity index (χ1n) is 11.0. The van der Waals surface area contributed by atoms with Crippen LogP contribution in [0.4, 0.5) is 11.6 Å². The zero-order valence-corrected chi connectivity index (χ0v) is 19.2. The first kappa shape index (κ1) is 22.4. The van der Waals surface area contributed by atoms with Crippen molar-refractivity contribution in [3.8, 4) is 5.75 Å². The lowest BCUT2D eigenvalue weighted by molar-refractivity contribution is 0.419. The van der Waals surface area contributed by atoms with Gasteiger partial charge < -0.3 is 15.8 Å². The molecule has 6 heteroatoms. The second-order valence-corrected chi connectivity index (χ2v) is 7.28. The number of para-hydroxylation sites is 1. The molecule has 0 bridgehead atoms. The number of nitrogens with two attached hydrogens (primary N) is 1. The molecule has 6 nitrogen and oxygen atoms in total. The first-order valence-corrected chi connectivity index (χ1v) is 11.0. The Hall–Kier alpha value is -3.28. The highest BCUT2D eigenvalue weighted by atomic mass is 16.5. The van der Waals surface area contributed by atoms with Gasteiger partial charge in [0, 0.05) is 24.5 Å². The van der Waals surface area contributed by atoms with Gasteiger partial charge in [-0.25, -0.2) is 4.98 Å². The Bertz CT molecular complexity index is 1170. The van der Waals surface area contributed by atoms with E-state index in [0.717, 1.165) is 35.0 Å². The summed E-state index contributed by atoms with van der Waals surface area (Å²) < 4.78 is 7.17. The molecule has 0 spiro atoms. The molecule has 0 aliphatic rings. The fourth-order valence-corrected chi connectivity index (χ4v) is 3.84. The number of rotatable bonds is 7. The van der Waals surface area contributed by atoms with E-state index in [1.54, 1.807) is 11.6 Å². The number of benzene rings is 2. The molecule has 0 atom stereocenters. The van der Waals surface area contributed by atoms with Gasteiger partial charge in [0.15, 0.2) is 0 Å². The van der Waals surface area contributed by atoms with E-state index in [1.807, 2.05) is 39.1 Å². The second-order valence-electron chi connectivity index (χ2n) is 7.28. The quantitative estimate of drug-likeness (QED) is 0.415. The predicted molar refractivity (Wildman–Crippen MR) is 130 cm³/mol.